The van der Waals surface area contributed by atoms with Crippen molar-refractivity contribution in [1.82, 2.24) is 4.90 Å². The van der Waals surface area contributed by atoms with Crippen LogP contribution >= 0.6 is 0 Å². The highest BCUT2D eigenvalue weighted by Crippen LogP contribution is 2.27. The highest BCUT2D eigenvalue weighted by Gasteiger charge is 2.24. The molecule has 1 aliphatic heterocycles. The summed E-state index contributed by atoms with van der Waals surface area (Å²) in [7, 11) is 2.14. The van der Waals surface area contributed by atoms with E-state index < -0.39 is 10.7 Å². The molecule has 0 spiro atoms. The lowest BCUT2D eigenvalue weighted by molar-refractivity contribution is -0.385. The van der Waals surface area contributed by atoms with Gasteiger partial charge in [0, 0.05) is 25.2 Å². The summed E-state index contributed by atoms with van der Waals surface area (Å²) >= 11 is 0. The summed E-state index contributed by atoms with van der Waals surface area (Å²) < 4.78 is 14.0. The monoisotopic (exact) mass is 295 g/mol. The number of piperidine rings is 1. The molecule has 0 radical (unpaired) electrons. The largest absolute Gasteiger partial charge is 0.369 e. The van der Waals surface area contributed by atoms with E-state index in [1.807, 2.05) is 4.90 Å². The van der Waals surface area contributed by atoms with Gasteiger partial charge >= 0.3 is 0 Å². The molecule has 0 amide bonds. The Balaban J connectivity index is 2.00. The second kappa shape index (κ2) is 6.85. The molecule has 0 saturated carbocycles. The van der Waals surface area contributed by atoms with Gasteiger partial charge in [-0.2, -0.15) is 0 Å². The SMILES string of the molecule is CCCN(C)C1CCN(c2ccc([N+](=O)[O-])cc2F)CC1. The van der Waals surface area contributed by atoms with E-state index in [9.17, 15) is 14.5 Å². The van der Waals surface area contributed by atoms with Crippen LogP contribution in [-0.4, -0.2) is 42.5 Å². The summed E-state index contributed by atoms with van der Waals surface area (Å²) in [6, 6.07) is 4.43. The van der Waals surface area contributed by atoms with Crippen LogP contribution in [0.2, 0.25) is 0 Å². The van der Waals surface area contributed by atoms with Gasteiger partial charge in [-0.25, -0.2) is 4.39 Å². The van der Waals surface area contributed by atoms with Crippen molar-refractivity contribution in [2.45, 2.75) is 32.2 Å². The van der Waals surface area contributed by atoms with Gasteiger partial charge < -0.3 is 9.80 Å². The van der Waals surface area contributed by atoms with E-state index in [1.54, 1.807) is 0 Å². The molecular formula is C15H22FN3O2. The topological polar surface area (TPSA) is 49.6 Å². The molecule has 2 rings (SSSR count). The standard InChI is InChI=1S/C15H22FN3O2/c1-3-8-17(2)12-6-9-18(10-7-12)15-5-4-13(19(20)21)11-14(15)16/h4-5,11-12H,3,6-10H2,1-2H3. The zero-order valence-electron chi connectivity index (χ0n) is 12.6. The summed E-state index contributed by atoms with van der Waals surface area (Å²) in [5, 5.41) is 10.6. The maximum Gasteiger partial charge on any atom is 0.272 e. The van der Waals surface area contributed by atoms with Gasteiger partial charge in [-0.15, -0.1) is 0 Å². The fourth-order valence-electron chi connectivity index (χ4n) is 2.95. The second-order valence-electron chi connectivity index (χ2n) is 5.59. The van der Waals surface area contributed by atoms with Crippen molar-refractivity contribution in [3.63, 3.8) is 0 Å². The Hall–Kier alpha value is -1.69. The molecule has 0 N–H and O–H groups in total. The Labute approximate surface area is 124 Å². The highest BCUT2D eigenvalue weighted by atomic mass is 19.1. The van der Waals surface area contributed by atoms with Crippen molar-refractivity contribution < 1.29 is 9.31 Å². The minimum atomic E-state index is -0.571. The minimum Gasteiger partial charge on any atom is -0.369 e. The van der Waals surface area contributed by atoms with Gasteiger partial charge in [0.15, 0.2) is 5.82 Å². The highest BCUT2D eigenvalue weighted by molar-refractivity contribution is 5.52. The second-order valence-corrected chi connectivity index (χ2v) is 5.59. The Morgan fingerprint density at radius 1 is 1.43 bits per heavy atom. The molecule has 5 nitrogen and oxygen atoms in total. The summed E-state index contributed by atoms with van der Waals surface area (Å²) in [4.78, 5) is 14.4. The van der Waals surface area contributed by atoms with Crippen molar-refractivity contribution >= 4 is 11.4 Å². The molecule has 1 aliphatic rings. The fraction of sp³-hybridized carbons (Fsp3) is 0.600. The zero-order chi connectivity index (χ0) is 15.4. The molecule has 0 bridgehead atoms. The first-order chi connectivity index (χ1) is 10.0. The quantitative estimate of drug-likeness (QED) is 0.619. The number of non-ortho nitro benzene ring substituents is 1. The van der Waals surface area contributed by atoms with E-state index in [1.165, 1.54) is 12.1 Å². The van der Waals surface area contributed by atoms with Gasteiger partial charge in [0.1, 0.15) is 0 Å². The van der Waals surface area contributed by atoms with Crippen LogP contribution in [0.1, 0.15) is 26.2 Å². The third-order valence-electron chi connectivity index (χ3n) is 4.15. The Morgan fingerprint density at radius 3 is 2.62 bits per heavy atom. The number of halogens is 1. The number of nitro benzene ring substituents is 1. The van der Waals surface area contributed by atoms with E-state index in [4.69, 9.17) is 0 Å². The lowest BCUT2D eigenvalue weighted by Gasteiger charge is -2.37. The molecular weight excluding hydrogens is 273 g/mol. The molecule has 0 aliphatic carbocycles. The van der Waals surface area contributed by atoms with Crippen LogP contribution in [0.4, 0.5) is 15.8 Å². The maximum absolute atomic E-state index is 14.0. The van der Waals surface area contributed by atoms with Gasteiger partial charge in [0.05, 0.1) is 16.7 Å². The average molecular weight is 295 g/mol. The van der Waals surface area contributed by atoms with Crippen LogP contribution in [0.15, 0.2) is 18.2 Å². The first kappa shape index (κ1) is 15.7. The molecule has 6 heteroatoms. The molecule has 0 aromatic heterocycles. The molecule has 1 aromatic rings. The number of benzene rings is 1. The van der Waals surface area contributed by atoms with E-state index in [2.05, 4.69) is 18.9 Å². The van der Waals surface area contributed by atoms with E-state index in [0.717, 1.165) is 45.0 Å². The molecule has 1 heterocycles. The lowest BCUT2D eigenvalue weighted by atomic mass is 10.0. The van der Waals surface area contributed by atoms with Crippen molar-refractivity contribution in [3.8, 4) is 0 Å². The van der Waals surface area contributed by atoms with Crippen LogP contribution in [0.25, 0.3) is 0 Å². The normalized spacial score (nSPS) is 16.5. The summed E-state index contributed by atoms with van der Waals surface area (Å²) in [6.07, 6.45) is 3.12. The number of hydrogen-bond acceptors (Lipinski definition) is 4. The average Bonchev–Trinajstić information content (AvgIpc) is 2.47. The van der Waals surface area contributed by atoms with Crippen molar-refractivity contribution in [2.75, 3.05) is 31.6 Å². The molecule has 0 atom stereocenters. The molecule has 1 saturated heterocycles. The smallest absolute Gasteiger partial charge is 0.272 e. The third kappa shape index (κ3) is 3.69. The summed E-state index contributed by atoms with van der Waals surface area (Å²) in [5.74, 6) is -0.510. The summed E-state index contributed by atoms with van der Waals surface area (Å²) in [5.41, 5.74) is 0.269. The van der Waals surface area contributed by atoms with Crippen molar-refractivity contribution in [3.05, 3.63) is 34.1 Å². The molecule has 116 valence electrons. The number of hydrogen-bond donors (Lipinski definition) is 0. The van der Waals surface area contributed by atoms with Crippen LogP contribution in [0.5, 0.6) is 0 Å². The van der Waals surface area contributed by atoms with Crippen LogP contribution < -0.4 is 4.90 Å². The minimum absolute atomic E-state index is 0.200. The van der Waals surface area contributed by atoms with Crippen LogP contribution in [-0.2, 0) is 0 Å². The lowest BCUT2D eigenvalue weighted by Crippen LogP contribution is -2.43. The maximum atomic E-state index is 14.0. The first-order valence-electron chi connectivity index (χ1n) is 7.42. The third-order valence-corrected chi connectivity index (χ3v) is 4.15. The predicted molar refractivity (Wildman–Crippen MR) is 81.2 cm³/mol. The number of nitro groups is 1. The van der Waals surface area contributed by atoms with E-state index in [-0.39, 0.29) is 5.69 Å². The molecule has 1 aromatic carbocycles. The first-order valence-corrected chi connectivity index (χ1v) is 7.42. The Morgan fingerprint density at radius 2 is 2.10 bits per heavy atom. The predicted octanol–water partition coefficient (Wildman–Crippen LogP) is 3.04. The molecule has 1 fully saturated rings. The molecule has 0 unspecified atom stereocenters. The van der Waals surface area contributed by atoms with Crippen LogP contribution in [0.3, 0.4) is 0 Å². The zero-order valence-corrected chi connectivity index (χ0v) is 12.6. The Bertz CT molecular complexity index is 502. The van der Waals surface area contributed by atoms with Crippen LogP contribution in [0, 0.1) is 15.9 Å². The van der Waals surface area contributed by atoms with E-state index in [0.29, 0.717) is 11.7 Å². The number of nitrogens with zero attached hydrogens (tertiary/aromatic N) is 3. The Kier molecular flexibility index (Phi) is 5.12. The van der Waals surface area contributed by atoms with Gasteiger partial charge in [-0.1, -0.05) is 6.92 Å². The fourth-order valence-corrected chi connectivity index (χ4v) is 2.95. The number of anilines is 1. The van der Waals surface area contributed by atoms with E-state index >= 15 is 0 Å². The summed E-state index contributed by atoms with van der Waals surface area (Å²) in [6.45, 7) is 4.81. The van der Waals surface area contributed by atoms with Gasteiger partial charge in [0.25, 0.3) is 5.69 Å². The van der Waals surface area contributed by atoms with Gasteiger partial charge in [-0.3, -0.25) is 10.1 Å². The number of rotatable bonds is 5. The van der Waals surface area contributed by atoms with Gasteiger partial charge in [-0.05, 0) is 38.9 Å². The van der Waals surface area contributed by atoms with Crippen molar-refractivity contribution in [1.29, 1.82) is 0 Å². The van der Waals surface area contributed by atoms with Crippen molar-refractivity contribution in [2.24, 2.45) is 0 Å². The molecule has 21 heavy (non-hydrogen) atoms. The van der Waals surface area contributed by atoms with Gasteiger partial charge in [0.2, 0.25) is 0 Å².